The van der Waals surface area contributed by atoms with Gasteiger partial charge in [0.1, 0.15) is 0 Å². The van der Waals surface area contributed by atoms with Crippen LogP contribution in [-0.2, 0) is 0 Å². The van der Waals surface area contributed by atoms with Gasteiger partial charge in [0.15, 0.2) is 0 Å². The third-order valence-electron chi connectivity index (χ3n) is 7.44. The van der Waals surface area contributed by atoms with E-state index in [0.717, 1.165) is 65.7 Å². The Morgan fingerprint density at radius 2 is 1.22 bits per heavy atom. The Kier molecular flexibility index (Phi) is 2.58. The average molecular weight is 463 g/mol. The van der Waals surface area contributed by atoms with Gasteiger partial charge in [0.2, 0.25) is 5.78 Å². The summed E-state index contributed by atoms with van der Waals surface area (Å²) >= 11 is 0. The molecule has 3 aromatic heterocycles. The topological polar surface area (TPSA) is 21.7 Å². The van der Waals surface area contributed by atoms with Crippen molar-refractivity contribution in [1.29, 1.82) is 0 Å². The molecule has 0 fully saturated rings. The molecular weight excluding hydrogens is 438 g/mol. The summed E-state index contributed by atoms with van der Waals surface area (Å²) in [6.45, 7) is 0. The lowest BCUT2D eigenvalue weighted by molar-refractivity contribution is 1.22. The molecule has 0 aliphatic carbocycles. The van der Waals surface area contributed by atoms with E-state index in [0.29, 0.717) is 5.56 Å². The molecule has 0 N–H and O–H groups in total. The predicted octanol–water partition coefficient (Wildman–Crippen LogP) is 8.46. The summed E-state index contributed by atoms with van der Waals surface area (Å²) in [4.78, 5) is 5.13. The SMILES string of the molecule is [2H]c1c([2H])c([2H])c(-c2cc3c4cc5ccccc5cc4n4c3c(c2)n2c3cc5ccccc5cc3nc24)c([2H])c1[2H]. The van der Waals surface area contributed by atoms with Gasteiger partial charge in [-0.1, -0.05) is 78.7 Å². The summed E-state index contributed by atoms with van der Waals surface area (Å²) in [5.41, 5.74) is 5.47. The number of benzene rings is 6. The van der Waals surface area contributed by atoms with Gasteiger partial charge in [-0.25, -0.2) is 4.98 Å². The number of aromatic nitrogens is 3. The predicted molar refractivity (Wildman–Crippen MR) is 150 cm³/mol. The summed E-state index contributed by atoms with van der Waals surface area (Å²) in [6, 6.07) is 27.5. The summed E-state index contributed by atoms with van der Waals surface area (Å²) in [6.07, 6.45) is 0. The fourth-order valence-electron chi connectivity index (χ4n) is 5.86. The highest BCUT2D eigenvalue weighted by molar-refractivity contribution is 6.20. The van der Waals surface area contributed by atoms with Gasteiger partial charge in [0, 0.05) is 10.8 Å². The molecule has 0 saturated heterocycles. The van der Waals surface area contributed by atoms with Crippen molar-refractivity contribution in [2.75, 3.05) is 0 Å². The molecule has 0 saturated carbocycles. The molecule has 0 spiro atoms. The fraction of sp³-hybridized carbons (Fsp3) is 0. The Bertz CT molecular complexity index is 2570. The fourth-order valence-corrected chi connectivity index (χ4v) is 5.86. The van der Waals surface area contributed by atoms with Crippen molar-refractivity contribution in [3.8, 4) is 11.1 Å². The molecule has 0 aliphatic rings. The Morgan fingerprint density at radius 3 is 1.97 bits per heavy atom. The van der Waals surface area contributed by atoms with E-state index in [1.54, 1.807) is 0 Å². The molecule has 0 bridgehead atoms. The van der Waals surface area contributed by atoms with Crippen LogP contribution in [0, 0.1) is 0 Å². The van der Waals surface area contributed by atoms with Crippen LogP contribution in [0.4, 0.5) is 0 Å². The van der Waals surface area contributed by atoms with E-state index in [1.807, 2.05) is 36.4 Å². The number of nitrogens with zero attached hydrogens (tertiary/aromatic N) is 3. The van der Waals surface area contributed by atoms with Gasteiger partial charge in [0.05, 0.1) is 34.4 Å². The largest absolute Gasteiger partial charge is 0.277 e. The Morgan fingerprint density at radius 1 is 0.556 bits per heavy atom. The van der Waals surface area contributed by atoms with Crippen molar-refractivity contribution >= 4 is 65.7 Å². The van der Waals surface area contributed by atoms with E-state index in [2.05, 4.69) is 57.3 Å². The Labute approximate surface area is 212 Å². The lowest BCUT2D eigenvalue weighted by Crippen LogP contribution is -1.85. The Balaban J connectivity index is 1.54. The van der Waals surface area contributed by atoms with Crippen LogP contribution in [0.3, 0.4) is 0 Å². The molecule has 166 valence electrons. The number of rotatable bonds is 1. The van der Waals surface area contributed by atoms with Crippen molar-refractivity contribution in [3.63, 3.8) is 0 Å². The van der Waals surface area contributed by atoms with Gasteiger partial charge < -0.3 is 0 Å². The van der Waals surface area contributed by atoms with Gasteiger partial charge in [-0.3, -0.25) is 8.80 Å². The standard InChI is InChI=1S/C33H19N3/c1-2-8-20(9-3-1)25-15-27-26-14-21-10-4-6-12-23(21)17-29(26)36-32(27)31(19-25)35-30-18-24-13-7-5-11-22(24)16-28(30)34-33(35)36/h1-19H/i1D,2D,3D,8D,9D. The summed E-state index contributed by atoms with van der Waals surface area (Å²) in [7, 11) is 0. The molecule has 3 nitrogen and oxygen atoms in total. The van der Waals surface area contributed by atoms with Crippen molar-refractivity contribution in [2.45, 2.75) is 0 Å². The smallest absolute Gasteiger partial charge is 0.220 e. The van der Waals surface area contributed by atoms with Crippen LogP contribution < -0.4 is 0 Å². The highest BCUT2D eigenvalue weighted by Gasteiger charge is 2.22. The van der Waals surface area contributed by atoms with E-state index >= 15 is 0 Å². The molecule has 0 atom stereocenters. The van der Waals surface area contributed by atoms with Gasteiger partial charge >= 0.3 is 0 Å². The van der Waals surface area contributed by atoms with Gasteiger partial charge in [-0.15, -0.1) is 0 Å². The molecule has 0 unspecified atom stereocenters. The zero-order chi connectivity index (χ0) is 27.7. The quantitative estimate of drug-likeness (QED) is 0.240. The van der Waals surface area contributed by atoms with E-state index < -0.39 is 6.04 Å². The molecule has 0 amide bonds. The van der Waals surface area contributed by atoms with Crippen LogP contribution in [0.25, 0.3) is 76.8 Å². The maximum atomic E-state index is 8.69. The minimum absolute atomic E-state index is 0.194. The summed E-state index contributed by atoms with van der Waals surface area (Å²) < 4.78 is 46.4. The number of hydrogen-bond acceptors (Lipinski definition) is 1. The highest BCUT2D eigenvalue weighted by atomic mass is 15.2. The lowest BCUT2D eigenvalue weighted by atomic mass is 10.0. The second kappa shape index (κ2) is 6.41. The third kappa shape index (κ3) is 2.25. The number of imidazole rings is 2. The number of hydrogen-bond donors (Lipinski definition) is 0. The third-order valence-corrected chi connectivity index (χ3v) is 7.44. The zero-order valence-electron chi connectivity index (χ0n) is 23.9. The second-order valence-electron chi connectivity index (χ2n) is 9.38. The van der Waals surface area contributed by atoms with Crippen LogP contribution in [0.2, 0.25) is 0 Å². The van der Waals surface area contributed by atoms with E-state index in [9.17, 15) is 0 Å². The first-order valence-electron chi connectivity index (χ1n) is 14.4. The van der Waals surface area contributed by atoms with Crippen LogP contribution >= 0.6 is 0 Å². The number of fused-ring (bicyclic) bond motifs is 10. The maximum Gasteiger partial charge on any atom is 0.220 e. The van der Waals surface area contributed by atoms with E-state index in [4.69, 9.17) is 11.8 Å². The summed E-state index contributed by atoms with van der Waals surface area (Å²) in [5, 5.41) is 6.41. The van der Waals surface area contributed by atoms with Gasteiger partial charge in [0.25, 0.3) is 0 Å². The molecule has 9 rings (SSSR count). The zero-order valence-corrected chi connectivity index (χ0v) is 18.9. The summed E-state index contributed by atoms with van der Waals surface area (Å²) in [5.74, 6) is 0.777. The first-order chi connectivity index (χ1) is 19.9. The first kappa shape index (κ1) is 14.5. The Hall–Kier alpha value is -4.89. The molecule has 36 heavy (non-hydrogen) atoms. The molecule has 3 heterocycles. The highest BCUT2D eigenvalue weighted by Crippen LogP contribution is 2.41. The minimum atomic E-state index is -0.396. The first-order valence-corrected chi connectivity index (χ1v) is 11.9. The van der Waals surface area contributed by atoms with Crippen LogP contribution in [0.1, 0.15) is 6.85 Å². The molecule has 0 radical (unpaired) electrons. The molecule has 3 heteroatoms. The van der Waals surface area contributed by atoms with Crippen LogP contribution in [0.5, 0.6) is 0 Å². The van der Waals surface area contributed by atoms with Crippen LogP contribution in [0.15, 0.2) is 115 Å². The average Bonchev–Trinajstić information content (AvgIpc) is 3.61. The lowest BCUT2D eigenvalue weighted by Gasteiger charge is -2.05. The van der Waals surface area contributed by atoms with E-state index in [-0.39, 0.29) is 29.7 Å². The monoisotopic (exact) mass is 462 g/mol. The van der Waals surface area contributed by atoms with Crippen LogP contribution in [-0.4, -0.2) is 13.8 Å². The van der Waals surface area contributed by atoms with Crippen molar-refractivity contribution in [3.05, 3.63) is 115 Å². The van der Waals surface area contributed by atoms with Gasteiger partial charge in [-0.05, 0) is 69.1 Å². The molecule has 0 aliphatic heterocycles. The molecular formula is C33H19N3. The van der Waals surface area contributed by atoms with Crippen molar-refractivity contribution in [2.24, 2.45) is 0 Å². The van der Waals surface area contributed by atoms with Crippen molar-refractivity contribution < 1.29 is 6.85 Å². The second-order valence-corrected chi connectivity index (χ2v) is 9.38. The van der Waals surface area contributed by atoms with Gasteiger partial charge in [-0.2, -0.15) is 0 Å². The molecule has 6 aromatic carbocycles. The maximum absolute atomic E-state index is 8.69. The molecule has 9 aromatic rings. The normalized spacial score (nSPS) is 14.4. The van der Waals surface area contributed by atoms with Crippen molar-refractivity contribution in [1.82, 2.24) is 13.8 Å². The van der Waals surface area contributed by atoms with E-state index in [1.165, 1.54) is 0 Å². The minimum Gasteiger partial charge on any atom is -0.277 e.